The molecule has 38 heavy (non-hydrogen) atoms. The average Bonchev–Trinajstić information content (AvgIpc) is 2.85. The van der Waals surface area contributed by atoms with Crippen molar-refractivity contribution in [1.29, 1.82) is 0 Å². The van der Waals surface area contributed by atoms with Crippen LogP contribution in [-0.4, -0.2) is 28.4 Å². The lowest BCUT2D eigenvalue weighted by atomic mass is 10.4. The maximum absolute atomic E-state index is 11.3. The topological polar surface area (TPSA) is 189 Å². The number of hydrogen-bond donors (Lipinski definition) is 2. The number of nitro groups is 2. The SMILES string of the molecule is CCI.CCn1cc(Cl)cc(N)c1=O.CCn1cc(Cl)cc([N+](=O)[O-])c1=O.O=c1[nH]cc(Cl)cc1[N+](=O)[O-]. The minimum Gasteiger partial charge on any atom is -0.394 e. The first-order chi connectivity index (χ1) is 17.7. The van der Waals surface area contributed by atoms with E-state index in [1.165, 1.54) is 32.0 Å². The number of rotatable bonds is 4. The van der Waals surface area contributed by atoms with Crippen molar-refractivity contribution in [2.75, 3.05) is 10.2 Å². The van der Waals surface area contributed by atoms with Crippen molar-refractivity contribution in [3.63, 3.8) is 0 Å². The van der Waals surface area contributed by atoms with Gasteiger partial charge in [0.05, 0.1) is 30.6 Å². The summed E-state index contributed by atoms with van der Waals surface area (Å²) in [6.07, 6.45) is 4.13. The molecule has 3 aromatic rings. The van der Waals surface area contributed by atoms with E-state index in [1.54, 1.807) is 13.1 Å². The number of nitrogens with two attached hydrogens (primary N) is 1. The Kier molecular flexibility index (Phi) is 16.2. The Hall–Kier alpha value is -2.95. The molecule has 208 valence electrons. The van der Waals surface area contributed by atoms with Gasteiger partial charge in [-0.25, -0.2) is 0 Å². The van der Waals surface area contributed by atoms with E-state index in [0.29, 0.717) is 18.1 Å². The highest BCUT2D eigenvalue weighted by atomic mass is 127. The summed E-state index contributed by atoms with van der Waals surface area (Å²) in [5, 5.41) is 21.3. The predicted octanol–water partition coefficient (Wildman–Crippen LogP) is 4.91. The normalized spacial score (nSPS) is 9.55. The highest BCUT2D eigenvalue weighted by molar-refractivity contribution is 14.1. The molecule has 0 aliphatic carbocycles. The van der Waals surface area contributed by atoms with Gasteiger partial charge in [-0.1, -0.05) is 64.3 Å². The molecule has 0 saturated heterocycles. The standard InChI is InChI=1S/C7H7ClN2O3.C7H9ClN2O.C5H3ClN2O3.C2H5I/c1-2-9-4-5(8)3-6(7(9)11)10(12)13;1-2-10-4-5(8)3-6(9)7(10)11;6-3-1-4(8(10)11)5(9)7-2-3;1-2-3/h3-4H,2H2,1H3;3-4H,2,9H2,1H3;1-2H,(H,7,9);2H2,1H3. The number of halogens is 4. The van der Waals surface area contributed by atoms with Crippen LogP contribution >= 0.6 is 57.4 Å². The number of hydrogen-bond acceptors (Lipinski definition) is 8. The van der Waals surface area contributed by atoms with Gasteiger partial charge in [0.15, 0.2) is 0 Å². The number of anilines is 1. The van der Waals surface area contributed by atoms with Crippen LogP contribution in [0.25, 0.3) is 0 Å². The maximum Gasteiger partial charge on any atom is 0.335 e. The third-order valence-electron chi connectivity index (χ3n) is 4.04. The number of aromatic nitrogens is 3. The van der Waals surface area contributed by atoms with Crippen LogP contribution in [0, 0.1) is 20.2 Å². The largest absolute Gasteiger partial charge is 0.394 e. The van der Waals surface area contributed by atoms with Gasteiger partial charge in [-0.05, 0) is 24.3 Å². The highest BCUT2D eigenvalue weighted by Gasteiger charge is 2.15. The number of nitrogens with zero attached hydrogens (tertiary/aromatic N) is 4. The van der Waals surface area contributed by atoms with Crippen molar-refractivity contribution in [3.05, 3.63) is 103 Å². The fraction of sp³-hybridized carbons (Fsp3) is 0.286. The molecule has 3 aromatic heterocycles. The molecule has 0 aliphatic rings. The lowest BCUT2D eigenvalue weighted by Crippen LogP contribution is -2.21. The van der Waals surface area contributed by atoms with Crippen LogP contribution in [0.15, 0.2) is 51.2 Å². The van der Waals surface area contributed by atoms with E-state index in [2.05, 4.69) is 34.5 Å². The monoisotopic (exact) mass is 704 g/mol. The molecule has 0 fully saturated rings. The Bertz CT molecular complexity index is 1430. The van der Waals surface area contributed by atoms with Crippen molar-refractivity contribution in [2.45, 2.75) is 33.9 Å². The molecule has 17 heteroatoms. The Labute approximate surface area is 244 Å². The number of alkyl halides is 1. The Morgan fingerprint density at radius 3 is 1.68 bits per heavy atom. The van der Waals surface area contributed by atoms with Crippen LogP contribution in [0.3, 0.4) is 0 Å². The van der Waals surface area contributed by atoms with E-state index in [4.69, 9.17) is 40.5 Å². The number of aryl methyl sites for hydroxylation is 2. The van der Waals surface area contributed by atoms with Crippen molar-refractivity contribution >= 4 is 74.5 Å². The maximum atomic E-state index is 11.3. The van der Waals surface area contributed by atoms with Crippen molar-refractivity contribution < 1.29 is 9.85 Å². The number of pyridine rings is 3. The summed E-state index contributed by atoms with van der Waals surface area (Å²) in [7, 11) is 0. The lowest BCUT2D eigenvalue weighted by Gasteiger charge is -2.02. The van der Waals surface area contributed by atoms with Gasteiger partial charge in [-0.3, -0.25) is 34.6 Å². The van der Waals surface area contributed by atoms with Gasteiger partial charge in [0, 0.05) is 43.8 Å². The molecule has 0 bridgehead atoms. The first-order valence-electron chi connectivity index (χ1n) is 10.5. The Balaban J connectivity index is 0.000000515. The van der Waals surface area contributed by atoms with Crippen LogP contribution in [0.5, 0.6) is 0 Å². The second-order valence-electron chi connectivity index (χ2n) is 6.65. The molecule has 0 atom stereocenters. The van der Waals surface area contributed by atoms with Gasteiger partial charge < -0.3 is 19.9 Å². The zero-order chi connectivity index (χ0) is 29.6. The first-order valence-corrected chi connectivity index (χ1v) is 13.2. The average molecular weight is 706 g/mol. The van der Waals surface area contributed by atoms with Gasteiger partial charge in [0.1, 0.15) is 0 Å². The number of H-pyrrole nitrogens is 1. The smallest absolute Gasteiger partial charge is 0.335 e. The molecular formula is C21H24Cl3IN6O7. The molecular weight excluding hydrogens is 682 g/mol. The van der Waals surface area contributed by atoms with Gasteiger partial charge in [-0.2, -0.15) is 0 Å². The molecule has 3 N–H and O–H groups in total. The molecule has 3 rings (SSSR count). The van der Waals surface area contributed by atoms with E-state index in [1.807, 2.05) is 6.92 Å². The molecule has 0 amide bonds. The summed E-state index contributed by atoms with van der Waals surface area (Å²) in [4.78, 5) is 54.1. The first kappa shape index (κ1) is 35.0. The molecule has 3 heterocycles. The second-order valence-corrected chi connectivity index (χ2v) is 9.49. The van der Waals surface area contributed by atoms with Crippen LogP contribution in [-0.2, 0) is 13.1 Å². The molecule has 0 radical (unpaired) electrons. The van der Waals surface area contributed by atoms with Gasteiger partial charge in [0.2, 0.25) is 0 Å². The lowest BCUT2D eigenvalue weighted by molar-refractivity contribution is -0.386. The molecule has 0 unspecified atom stereocenters. The van der Waals surface area contributed by atoms with Crippen molar-refractivity contribution in [2.24, 2.45) is 0 Å². The third-order valence-corrected chi connectivity index (χ3v) is 4.67. The quantitative estimate of drug-likeness (QED) is 0.166. The minimum absolute atomic E-state index is 0.135. The van der Waals surface area contributed by atoms with Gasteiger partial charge in [0.25, 0.3) is 5.56 Å². The summed E-state index contributed by atoms with van der Waals surface area (Å²) in [5.74, 6) is 0. The van der Waals surface area contributed by atoms with Crippen LogP contribution < -0.4 is 22.4 Å². The Morgan fingerprint density at radius 1 is 0.842 bits per heavy atom. The molecule has 0 aliphatic heterocycles. The fourth-order valence-electron chi connectivity index (χ4n) is 2.39. The zero-order valence-electron chi connectivity index (χ0n) is 20.3. The predicted molar refractivity (Wildman–Crippen MR) is 157 cm³/mol. The summed E-state index contributed by atoms with van der Waals surface area (Å²) in [5.41, 5.74) is 2.98. The van der Waals surface area contributed by atoms with E-state index >= 15 is 0 Å². The summed E-state index contributed by atoms with van der Waals surface area (Å²) in [6.45, 7) is 6.63. The van der Waals surface area contributed by atoms with E-state index < -0.39 is 32.3 Å². The number of nitrogens with one attached hydrogen (secondary N) is 1. The molecule has 0 aromatic carbocycles. The Morgan fingerprint density at radius 2 is 1.26 bits per heavy atom. The van der Waals surface area contributed by atoms with Crippen molar-refractivity contribution in [3.8, 4) is 0 Å². The van der Waals surface area contributed by atoms with E-state index in [9.17, 15) is 34.6 Å². The van der Waals surface area contributed by atoms with Crippen LogP contribution in [0.1, 0.15) is 20.8 Å². The second kappa shape index (κ2) is 17.5. The van der Waals surface area contributed by atoms with Crippen LogP contribution in [0.4, 0.5) is 17.1 Å². The molecule has 0 spiro atoms. The summed E-state index contributed by atoms with van der Waals surface area (Å²) in [6, 6.07) is 3.51. The van der Waals surface area contributed by atoms with Gasteiger partial charge in [-0.15, -0.1) is 0 Å². The minimum atomic E-state index is -0.787. The van der Waals surface area contributed by atoms with Gasteiger partial charge >= 0.3 is 22.5 Å². The van der Waals surface area contributed by atoms with E-state index in [-0.39, 0.29) is 21.3 Å². The van der Waals surface area contributed by atoms with Crippen LogP contribution in [0.2, 0.25) is 15.1 Å². The third kappa shape index (κ3) is 11.6. The highest BCUT2D eigenvalue weighted by Crippen LogP contribution is 2.13. The van der Waals surface area contributed by atoms with E-state index in [0.717, 1.165) is 12.1 Å². The fourth-order valence-corrected chi connectivity index (χ4v) is 3.00. The number of aromatic amines is 1. The summed E-state index contributed by atoms with van der Waals surface area (Å²) >= 11 is 18.9. The molecule has 13 nitrogen and oxygen atoms in total. The van der Waals surface area contributed by atoms with Crippen molar-refractivity contribution in [1.82, 2.24) is 14.1 Å². The molecule has 0 saturated carbocycles. The summed E-state index contributed by atoms with van der Waals surface area (Å²) < 4.78 is 3.88. The zero-order valence-corrected chi connectivity index (χ0v) is 24.7. The number of nitrogen functional groups attached to an aromatic ring is 1.